The summed E-state index contributed by atoms with van der Waals surface area (Å²) in [6.45, 7) is 1.12. The number of rotatable bonds is 3. The summed E-state index contributed by atoms with van der Waals surface area (Å²) in [5, 5.41) is 0. The summed E-state index contributed by atoms with van der Waals surface area (Å²) in [6.07, 6.45) is 0. The molecule has 3 rings (SSSR count). The summed E-state index contributed by atoms with van der Waals surface area (Å²) in [4.78, 5) is 16.6. The van der Waals surface area contributed by atoms with Gasteiger partial charge < -0.3 is 9.80 Å². The van der Waals surface area contributed by atoms with Gasteiger partial charge in [-0.3, -0.25) is 4.79 Å². The van der Waals surface area contributed by atoms with Crippen molar-refractivity contribution in [2.75, 3.05) is 30.1 Å². The lowest BCUT2D eigenvalue weighted by molar-refractivity contribution is 0.0999. The minimum absolute atomic E-state index is 0.107. The van der Waals surface area contributed by atoms with E-state index in [0.717, 1.165) is 18.0 Å². The Kier molecular flexibility index (Phi) is 3.22. The summed E-state index contributed by atoms with van der Waals surface area (Å²) in [5.41, 5.74) is 3.65. The highest BCUT2D eigenvalue weighted by Gasteiger charge is 2.24. The summed E-state index contributed by atoms with van der Waals surface area (Å²) in [7, 11) is 7.68. The van der Waals surface area contributed by atoms with Gasteiger partial charge in [0.1, 0.15) is 7.85 Å². The lowest BCUT2D eigenvalue weighted by atomic mass is 9.94. The molecule has 0 N–H and O–H groups in total. The largest absolute Gasteiger partial charge is 0.355 e. The zero-order valence-corrected chi connectivity index (χ0v) is 11.4. The second-order valence-electron chi connectivity index (χ2n) is 5.07. The molecule has 3 nitrogen and oxygen atoms in total. The molecule has 0 fully saturated rings. The lowest BCUT2D eigenvalue weighted by Gasteiger charge is -2.18. The van der Waals surface area contributed by atoms with Crippen LogP contribution in [0.2, 0.25) is 0 Å². The Morgan fingerprint density at radius 2 is 1.75 bits per heavy atom. The maximum atomic E-state index is 12.3. The molecule has 1 heterocycles. The van der Waals surface area contributed by atoms with Crippen molar-refractivity contribution in [1.29, 1.82) is 0 Å². The van der Waals surface area contributed by atoms with Crippen molar-refractivity contribution in [2.24, 2.45) is 0 Å². The molecule has 0 saturated carbocycles. The Bertz CT molecular complexity index is 639. The molecule has 0 amide bonds. The van der Waals surface area contributed by atoms with Gasteiger partial charge in [0.05, 0.1) is 24.6 Å². The van der Waals surface area contributed by atoms with Crippen molar-refractivity contribution in [3.05, 3.63) is 54.1 Å². The first-order valence-electron chi connectivity index (χ1n) is 6.59. The zero-order chi connectivity index (χ0) is 14.1. The molecule has 2 aromatic rings. The number of anilines is 2. The summed E-state index contributed by atoms with van der Waals surface area (Å²) in [5.74, 6) is 0.107. The number of ketones is 1. The fourth-order valence-corrected chi connectivity index (χ4v) is 2.53. The maximum absolute atomic E-state index is 12.3. The predicted octanol–water partition coefficient (Wildman–Crippen LogP) is 1.58. The van der Waals surface area contributed by atoms with Crippen LogP contribution in [0, 0.1) is 0 Å². The highest BCUT2D eigenvalue weighted by Crippen LogP contribution is 2.34. The topological polar surface area (TPSA) is 23.6 Å². The standard InChI is InChI=1S/C16H15BN2O/c1-18-11-19(15-5-3-2-4-14(15)18)10-16(20)12-6-8-13(17)9-7-12/h2-9H,10-11H2,1H3. The first-order chi connectivity index (χ1) is 9.65. The van der Waals surface area contributed by atoms with Gasteiger partial charge in [0, 0.05) is 12.6 Å². The third-order valence-electron chi connectivity index (χ3n) is 3.58. The molecular formula is C16H15BN2O. The SMILES string of the molecule is [B]c1ccc(C(=O)CN2CN(C)c3ccccc32)cc1. The molecule has 0 aromatic heterocycles. The number of fused-ring (bicyclic) bond motifs is 1. The van der Waals surface area contributed by atoms with Crippen LogP contribution in [-0.4, -0.2) is 33.9 Å². The van der Waals surface area contributed by atoms with Crippen molar-refractivity contribution in [3.63, 3.8) is 0 Å². The first-order valence-corrected chi connectivity index (χ1v) is 6.59. The highest BCUT2D eigenvalue weighted by atomic mass is 16.1. The quantitative estimate of drug-likeness (QED) is 0.619. The number of carbonyl (C=O) groups excluding carboxylic acids is 1. The van der Waals surface area contributed by atoms with Gasteiger partial charge >= 0.3 is 0 Å². The fraction of sp³-hybridized carbons (Fsp3) is 0.188. The lowest BCUT2D eigenvalue weighted by Crippen LogP contribution is -2.32. The molecule has 20 heavy (non-hydrogen) atoms. The van der Waals surface area contributed by atoms with E-state index in [4.69, 9.17) is 7.85 Å². The average molecular weight is 262 g/mol. The Balaban J connectivity index is 1.79. The minimum Gasteiger partial charge on any atom is -0.355 e. The molecule has 2 radical (unpaired) electrons. The number of benzene rings is 2. The van der Waals surface area contributed by atoms with E-state index < -0.39 is 0 Å². The van der Waals surface area contributed by atoms with Gasteiger partial charge in [-0.15, -0.1) is 0 Å². The van der Waals surface area contributed by atoms with E-state index in [1.807, 2.05) is 19.2 Å². The van der Waals surface area contributed by atoms with Crippen molar-refractivity contribution in [2.45, 2.75) is 0 Å². The summed E-state index contributed by atoms with van der Waals surface area (Å²) >= 11 is 0. The van der Waals surface area contributed by atoms with E-state index in [1.54, 1.807) is 24.3 Å². The Hall–Kier alpha value is -2.23. The number of carbonyl (C=O) groups is 1. The van der Waals surface area contributed by atoms with Crippen LogP contribution in [0.3, 0.4) is 0 Å². The van der Waals surface area contributed by atoms with E-state index in [-0.39, 0.29) is 5.78 Å². The van der Waals surface area contributed by atoms with Crippen molar-refractivity contribution in [1.82, 2.24) is 0 Å². The van der Waals surface area contributed by atoms with Crippen molar-refractivity contribution < 1.29 is 4.79 Å². The van der Waals surface area contributed by atoms with Crippen LogP contribution in [0.5, 0.6) is 0 Å². The molecule has 0 atom stereocenters. The van der Waals surface area contributed by atoms with Crippen LogP contribution < -0.4 is 15.3 Å². The number of para-hydroxylation sites is 2. The Morgan fingerprint density at radius 1 is 1.10 bits per heavy atom. The van der Waals surface area contributed by atoms with E-state index >= 15 is 0 Å². The van der Waals surface area contributed by atoms with Crippen LogP contribution in [0.25, 0.3) is 0 Å². The zero-order valence-electron chi connectivity index (χ0n) is 11.4. The molecule has 98 valence electrons. The van der Waals surface area contributed by atoms with Crippen molar-refractivity contribution >= 4 is 30.5 Å². The maximum Gasteiger partial charge on any atom is 0.182 e. The number of Topliss-reactive ketones (excluding diaryl/α,β-unsaturated/α-hetero) is 1. The van der Waals surface area contributed by atoms with E-state index in [9.17, 15) is 4.79 Å². The van der Waals surface area contributed by atoms with Crippen LogP contribution in [0.4, 0.5) is 11.4 Å². The van der Waals surface area contributed by atoms with Gasteiger partial charge in [0.25, 0.3) is 0 Å². The highest BCUT2D eigenvalue weighted by molar-refractivity contribution is 6.32. The van der Waals surface area contributed by atoms with E-state index in [0.29, 0.717) is 17.6 Å². The summed E-state index contributed by atoms with van der Waals surface area (Å²) < 4.78 is 0. The number of hydrogen-bond donors (Lipinski definition) is 0. The van der Waals surface area contributed by atoms with E-state index in [2.05, 4.69) is 21.9 Å². The third kappa shape index (κ3) is 2.29. The van der Waals surface area contributed by atoms with Crippen molar-refractivity contribution in [3.8, 4) is 0 Å². The number of nitrogens with zero attached hydrogens (tertiary/aromatic N) is 2. The fourth-order valence-electron chi connectivity index (χ4n) is 2.53. The molecule has 2 aromatic carbocycles. The molecule has 0 aliphatic carbocycles. The van der Waals surface area contributed by atoms with Crippen LogP contribution in [0.1, 0.15) is 10.4 Å². The van der Waals surface area contributed by atoms with Gasteiger partial charge in [0.2, 0.25) is 0 Å². The van der Waals surface area contributed by atoms with Gasteiger partial charge in [-0.2, -0.15) is 0 Å². The average Bonchev–Trinajstić information content (AvgIpc) is 2.77. The Morgan fingerprint density at radius 3 is 2.45 bits per heavy atom. The molecule has 0 bridgehead atoms. The smallest absolute Gasteiger partial charge is 0.182 e. The van der Waals surface area contributed by atoms with Gasteiger partial charge in [-0.1, -0.05) is 41.9 Å². The molecule has 4 heteroatoms. The monoisotopic (exact) mass is 262 g/mol. The minimum atomic E-state index is 0.107. The second-order valence-corrected chi connectivity index (χ2v) is 5.07. The Labute approximate surface area is 120 Å². The van der Waals surface area contributed by atoms with Gasteiger partial charge in [0.15, 0.2) is 5.78 Å². The predicted molar refractivity (Wildman–Crippen MR) is 83.2 cm³/mol. The van der Waals surface area contributed by atoms with Crippen LogP contribution in [-0.2, 0) is 0 Å². The number of hydrogen-bond acceptors (Lipinski definition) is 3. The van der Waals surface area contributed by atoms with Gasteiger partial charge in [-0.05, 0) is 12.1 Å². The first kappa shape index (κ1) is 12.8. The molecule has 1 aliphatic heterocycles. The molecule has 0 saturated heterocycles. The second kappa shape index (κ2) is 5.04. The van der Waals surface area contributed by atoms with Gasteiger partial charge in [-0.25, -0.2) is 0 Å². The van der Waals surface area contributed by atoms with Crippen LogP contribution >= 0.6 is 0 Å². The summed E-state index contributed by atoms with van der Waals surface area (Å²) in [6, 6.07) is 15.2. The third-order valence-corrected chi connectivity index (χ3v) is 3.58. The molecular weight excluding hydrogens is 247 g/mol. The molecule has 0 unspecified atom stereocenters. The normalized spacial score (nSPS) is 13.4. The van der Waals surface area contributed by atoms with Crippen LogP contribution in [0.15, 0.2) is 48.5 Å². The van der Waals surface area contributed by atoms with E-state index in [1.165, 1.54) is 0 Å². The molecule has 0 spiro atoms. The molecule has 1 aliphatic rings.